The van der Waals surface area contributed by atoms with Crippen molar-refractivity contribution in [2.75, 3.05) is 42.6 Å². The summed E-state index contributed by atoms with van der Waals surface area (Å²) >= 11 is 0. The highest BCUT2D eigenvalue weighted by molar-refractivity contribution is 5.51. The number of rotatable bonds is 3. The standard InChI is InChI=1S/C18H26N4O/c23-12-14-4-3-7-21(9-14)17-8-18(20-13-19-17)22-10-15-5-1-2-6-16(15)11-22/h1-2,8,13-16,23H,3-7,9-12H2. The third-order valence-corrected chi connectivity index (χ3v) is 5.68. The summed E-state index contributed by atoms with van der Waals surface area (Å²) in [5.74, 6) is 4.03. The molecule has 2 fully saturated rings. The zero-order valence-electron chi connectivity index (χ0n) is 13.6. The first-order chi connectivity index (χ1) is 11.3. The van der Waals surface area contributed by atoms with Crippen LogP contribution in [0.4, 0.5) is 11.6 Å². The minimum atomic E-state index is 0.275. The second-order valence-corrected chi connectivity index (χ2v) is 7.24. The first-order valence-corrected chi connectivity index (χ1v) is 8.91. The van der Waals surface area contributed by atoms with E-state index in [2.05, 4.69) is 38.0 Å². The highest BCUT2D eigenvalue weighted by atomic mass is 16.3. The van der Waals surface area contributed by atoms with Crippen LogP contribution in [0.3, 0.4) is 0 Å². The van der Waals surface area contributed by atoms with Crippen LogP contribution in [-0.4, -0.2) is 47.9 Å². The molecule has 3 atom stereocenters. The van der Waals surface area contributed by atoms with E-state index < -0.39 is 0 Å². The fourth-order valence-corrected chi connectivity index (χ4v) is 4.31. The van der Waals surface area contributed by atoms with Crippen molar-refractivity contribution in [2.24, 2.45) is 17.8 Å². The maximum atomic E-state index is 9.43. The van der Waals surface area contributed by atoms with Gasteiger partial charge in [0, 0.05) is 38.9 Å². The van der Waals surface area contributed by atoms with Crippen LogP contribution in [0.15, 0.2) is 24.5 Å². The van der Waals surface area contributed by atoms with Crippen LogP contribution in [0.25, 0.3) is 0 Å². The second kappa shape index (κ2) is 6.48. The van der Waals surface area contributed by atoms with Gasteiger partial charge in [-0.3, -0.25) is 0 Å². The summed E-state index contributed by atoms with van der Waals surface area (Å²) in [7, 11) is 0. The number of hydrogen-bond acceptors (Lipinski definition) is 5. The molecule has 0 radical (unpaired) electrons. The van der Waals surface area contributed by atoms with Gasteiger partial charge in [-0.05, 0) is 43.4 Å². The number of nitrogens with zero attached hydrogens (tertiary/aromatic N) is 4. The van der Waals surface area contributed by atoms with Gasteiger partial charge in [-0.15, -0.1) is 0 Å². The van der Waals surface area contributed by atoms with Crippen molar-refractivity contribution in [3.63, 3.8) is 0 Å². The third kappa shape index (κ3) is 3.07. The van der Waals surface area contributed by atoms with E-state index in [0.29, 0.717) is 5.92 Å². The van der Waals surface area contributed by atoms with Crippen LogP contribution < -0.4 is 9.80 Å². The summed E-state index contributed by atoms with van der Waals surface area (Å²) in [5, 5.41) is 9.43. The summed E-state index contributed by atoms with van der Waals surface area (Å²) < 4.78 is 0. The summed E-state index contributed by atoms with van der Waals surface area (Å²) in [5.41, 5.74) is 0. The summed E-state index contributed by atoms with van der Waals surface area (Å²) in [4.78, 5) is 13.8. The van der Waals surface area contributed by atoms with E-state index in [1.807, 2.05) is 0 Å². The van der Waals surface area contributed by atoms with Crippen LogP contribution in [-0.2, 0) is 0 Å². The molecule has 5 heteroatoms. The van der Waals surface area contributed by atoms with Crippen molar-refractivity contribution < 1.29 is 5.11 Å². The molecule has 4 rings (SSSR count). The lowest BCUT2D eigenvalue weighted by atomic mass is 9.86. The number of allylic oxidation sites excluding steroid dienone is 2. The highest BCUT2D eigenvalue weighted by Gasteiger charge is 2.33. The number of piperidine rings is 1. The molecule has 124 valence electrons. The van der Waals surface area contributed by atoms with Gasteiger partial charge < -0.3 is 14.9 Å². The lowest BCUT2D eigenvalue weighted by Gasteiger charge is -2.33. The van der Waals surface area contributed by atoms with Gasteiger partial charge in [0.15, 0.2) is 0 Å². The van der Waals surface area contributed by atoms with Gasteiger partial charge in [0.2, 0.25) is 0 Å². The first kappa shape index (κ1) is 14.9. The van der Waals surface area contributed by atoms with Crippen molar-refractivity contribution in [3.05, 3.63) is 24.5 Å². The number of hydrogen-bond donors (Lipinski definition) is 1. The molecule has 23 heavy (non-hydrogen) atoms. The van der Waals surface area contributed by atoms with Crippen LogP contribution in [0.5, 0.6) is 0 Å². The Morgan fingerprint density at radius 3 is 2.39 bits per heavy atom. The van der Waals surface area contributed by atoms with E-state index in [0.717, 1.165) is 62.5 Å². The van der Waals surface area contributed by atoms with Gasteiger partial charge >= 0.3 is 0 Å². The predicted octanol–water partition coefficient (Wildman–Crippen LogP) is 2.09. The highest BCUT2D eigenvalue weighted by Crippen LogP contribution is 2.35. The minimum Gasteiger partial charge on any atom is -0.396 e. The zero-order valence-corrected chi connectivity index (χ0v) is 13.6. The maximum Gasteiger partial charge on any atom is 0.134 e. The second-order valence-electron chi connectivity index (χ2n) is 7.24. The molecule has 3 heterocycles. The Labute approximate surface area is 138 Å². The van der Waals surface area contributed by atoms with Gasteiger partial charge in [-0.25, -0.2) is 9.97 Å². The normalized spacial score (nSPS) is 30.6. The van der Waals surface area contributed by atoms with Gasteiger partial charge in [-0.2, -0.15) is 0 Å². The molecule has 5 nitrogen and oxygen atoms in total. The Hall–Kier alpha value is -1.62. The van der Waals surface area contributed by atoms with Gasteiger partial charge in [-0.1, -0.05) is 12.2 Å². The molecule has 0 amide bonds. The molecular weight excluding hydrogens is 288 g/mol. The van der Waals surface area contributed by atoms with Gasteiger partial charge in [0.1, 0.15) is 18.0 Å². The number of fused-ring (bicyclic) bond motifs is 1. The Morgan fingerprint density at radius 1 is 1.00 bits per heavy atom. The third-order valence-electron chi connectivity index (χ3n) is 5.68. The fourth-order valence-electron chi connectivity index (χ4n) is 4.31. The molecule has 0 bridgehead atoms. The topological polar surface area (TPSA) is 52.5 Å². The lowest BCUT2D eigenvalue weighted by molar-refractivity contribution is 0.208. The van der Waals surface area contributed by atoms with Crippen molar-refractivity contribution in [2.45, 2.75) is 25.7 Å². The molecular formula is C18H26N4O. The quantitative estimate of drug-likeness (QED) is 0.866. The largest absolute Gasteiger partial charge is 0.396 e. The van der Waals surface area contributed by atoms with Crippen LogP contribution in [0.2, 0.25) is 0 Å². The molecule has 0 aromatic carbocycles. The van der Waals surface area contributed by atoms with Crippen molar-refractivity contribution in [1.29, 1.82) is 0 Å². The van der Waals surface area contributed by atoms with Crippen LogP contribution in [0.1, 0.15) is 25.7 Å². The number of anilines is 2. The SMILES string of the molecule is OCC1CCCN(c2cc(N3CC4CC=CCC4C3)ncn2)C1. The smallest absolute Gasteiger partial charge is 0.134 e. The van der Waals surface area contributed by atoms with E-state index in [-0.39, 0.29) is 6.61 Å². The molecule has 1 N–H and O–H groups in total. The molecule has 3 aliphatic rings. The minimum absolute atomic E-state index is 0.275. The van der Waals surface area contributed by atoms with E-state index in [1.54, 1.807) is 6.33 Å². The van der Waals surface area contributed by atoms with Crippen molar-refractivity contribution in [3.8, 4) is 0 Å². The summed E-state index contributed by atoms with van der Waals surface area (Å²) in [6, 6.07) is 2.14. The molecule has 3 unspecified atom stereocenters. The van der Waals surface area contributed by atoms with E-state index in [1.165, 1.54) is 12.8 Å². The number of aromatic nitrogens is 2. The molecule has 1 aromatic heterocycles. The molecule has 0 saturated carbocycles. The lowest BCUT2D eigenvalue weighted by Crippen LogP contribution is -2.37. The van der Waals surface area contributed by atoms with Crippen LogP contribution >= 0.6 is 0 Å². The van der Waals surface area contributed by atoms with E-state index in [9.17, 15) is 5.11 Å². The Bertz CT molecular complexity index is 560. The van der Waals surface area contributed by atoms with Crippen LogP contribution in [0, 0.1) is 17.8 Å². The van der Waals surface area contributed by atoms with Crippen molar-refractivity contribution in [1.82, 2.24) is 9.97 Å². The Balaban J connectivity index is 1.48. The fraction of sp³-hybridized carbons (Fsp3) is 0.667. The maximum absolute atomic E-state index is 9.43. The first-order valence-electron chi connectivity index (χ1n) is 8.91. The van der Waals surface area contributed by atoms with E-state index >= 15 is 0 Å². The Kier molecular flexibility index (Phi) is 4.21. The summed E-state index contributed by atoms with van der Waals surface area (Å²) in [6.07, 6.45) is 11.0. The number of aliphatic hydroxyl groups excluding tert-OH is 1. The van der Waals surface area contributed by atoms with Gasteiger partial charge in [0.05, 0.1) is 0 Å². The van der Waals surface area contributed by atoms with Gasteiger partial charge in [0.25, 0.3) is 0 Å². The van der Waals surface area contributed by atoms with E-state index in [4.69, 9.17) is 0 Å². The monoisotopic (exact) mass is 314 g/mol. The summed E-state index contributed by atoms with van der Waals surface area (Å²) in [6.45, 7) is 4.44. The molecule has 1 aromatic rings. The average molecular weight is 314 g/mol. The average Bonchev–Trinajstić information content (AvgIpc) is 3.06. The molecule has 2 saturated heterocycles. The number of aliphatic hydroxyl groups is 1. The zero-order chi connectivity index (χ0) is 15.6. The molecule has 1 aliphatic carbocycles. The van der Waals surface area contributed by atoms with Crippen molar-refractivity contribution >= 4 is 11.6 Å². The Morgan fingerprint density at radius 2 is 1.70 bits per heavy atom. The predicted molar refractivity (Wildman–Crippen MR) is 91.6 cm³/mol. The molecule has 2 aliphatic heterocycles. The molecule has 0 spiro atoms.